The second-order valence-electron chi connectivity index (χ2n) is 5.96. The van der Waals surface area contributed by atoms with Crippen LogP contribution in [0.25, 0.3) is 0 Å². The molecule has 0 aromatic heterocycles. The van der Waals surface area contributed by atoms with E-state index in [1.54, 1.807) is 4.90 Å². The van der Waals surface area contributed by atoms with E-state index in [0.29, 0.717) is 19.5 Å². The Balaban J connectivity index is 1.53. The Morgan fingerprint density at radius 1 is 1.35 bits per heavy atom. The van der Waals surface area contributed by atoms with Gasteiger partial charge in [-0.15, -0.1) is 0 Å². The van der Waals surface area contributed by atoms with Crippen LogP contribution in [0.2, 0.25) is 0 Å². The van der Waals surface area contributed by atoms with Gasteiger partial charge in [0.05, 0.1) is 6.54 Å². The number of likely N-dealkylation sites (tertiary alicyclic amines) is 1. The van der Waals surface area contributed by atoms with Crippen LogP contribution in [0.4, 0.5) is 0 Å². The molecule has 2 aliphatic rings. The highest BCUT2D eigenvalue weighted by Crippen LogP contribution is 2.31. The predicted molar refractivity (Wildman–Crippen MR) is 75.4 cm³/mol. The summed E-state index contributed by atoms with van der Waals surface area (Å²) in [6, 6.07) is 9.47. The molecule has 1 aliphatic heterocycles. The van der Waals surface area contributed by atoms with Gasteiger partial charge >= 0.3 is 0 Å². The van der Waals surface area contributed by atoms with Crippen LogP contribution in [0.1, 0.15) is 25.7 Å². The Hall–Kier alpha value is -1.55. The molecule has 1 unspecified atom stereocenters. The standard InChI is InChI=1S/C16H21NO3/c18-15(13-5-4-6-13)17-10-9-16(19,11-17)12-20-14-7-2-1-3-8-14/h1-3,7-8,13,19H,4-6,9-12H2. The molecule has 1 saturated carbocycles. The Morgan fingerprint density at radius 2 is 2.10 bits per heavy atom. The molecule has 1 heterocycles. The van der Waals surface area contributed by atoms with Gasteiger partial charge in [0.25, 0.3) is 0 Å². The Kier molecular flexibility index (Phi) is 3.66. The third-order valence-corrected chi connectivity index (χ3v) is 4.35. The zero-order valence-corrected chi connectivity index (χ0v) is 11.6. The second kappa shape index (κ2) is 5.44. The van der Waals surface area contributed by atoms with E-state index in [-0.39, 0.29) is 18.4 Å². The van der Waals surface area contributed by atoms with Crippen LogP contribution >= 0.6 is 0 Å². The first-order valence-corrected chi connectivity index (χ1v) is 7.35. The number of β-amino-alcohol motifs (C(OH)–C–C–N with tert-alkyl or cyclic N) is 1. The monoisotopic (exact) mass is 275 g/mol. The lowest BCUT2D eigenvalue weighted by Gasteiger charge is -2.30. The third-order valence-electron chi connectivity index (χ3n) is 4.35. The number of amides is 1. The van der Waals surface area contributed by atoms with Crippen LogP contribution in [0, 0.1) is 5.92 Å². The number of rotatable bonds is 4. The number of ether oxygens (including phenoxy) is 1. The van der Waals surface area contributed by atoms with Gasteiger partial charge in [-0.2, -0.15) is 0 Å². The average Bonchev–Trinajstić information content (AvgIpc) is 2.79. The molecule has 0 spiro atoms. The van der Waals surface area contributed by atoms with Gasteiger partial charge in [-0.05, 0) is 31.4 Å². The topological polar surface area (TPSA) is 49.8 Å². The Morgan fingerprint density at radius 3 is 2.75 bits per heavy atom. The average molecular weight is 275 g/mol. The van der Waals surface area contributed by atoms with Crippen molar-refractivity contribution < 1.29 is 14.6 Å². The quantitative estimate of drug-likeness (QED) is 0.912. The minimum Gasteiger partial charge on any atom is -0.491 e. The van der Waals surface area contributed by atoms with Crippen molar-refractivity contribution in [1.29, 1.82) is 0 Å². The highest BCUT2D eigenvalue weighted by molar-refractivity contribution is 5.80. The maximum Gasteiger partial charge on any atom is 0.225 e. The molecule has 0 radical (unpaired) electrons. The summed E-state index contributed by atoms with van der Waals surface area (Å²) in [5.41, 5.74) is -0.907. The molecular formula is C16H21NO3. The minimum atomic E-state index is -0.907. The van der Waals surface area contributed by atoms with Gasteiger partial charge in [-0.25, -0.2) is 0 Å². The van der Waals surface area contributed by atoms with Crippen molar-refractivity contribution in [3.05, 3.63) is 30.3 Å². The number of hydrogen-bond donors (Lipinski definition) is 1. The smallest absolute Gasteiger partial charge is 0.225 e. The van der Waals surface area contributed by atoms with Gasteiger partial charge in [0.1, 0.15) is 18.0 Å². The van der Waals surface area contributed by atoms with E-state index in [2.05, 4.69) is 0 Å². The first-order chi connectivity index (χ1) is 9.66. The van der Waals surface area contributed by atoms with Gasteiger partial charge in [-0.3, -0.25) is 4.79 Å². The summed E-state index contributed by atoms with van der Waals surface area (Å²) in [4.78, 5) is 14.0. The molecule has 1 aromatic rings. The fourth-order valence-corrected chi connectivity index (χ4v) is 2.81. The number of nitrogens with zero attached hydrogens (tertiary/aromatic N) is 1. The van der Waals surface area contributed by atoms with E-state index >= 15 is 0 Å². The van der Waals surface area contributed by atoms with Crippen LogP contribution in [-0.2, 0) is 4.79 Å². The highest BCUT2D eigenvalue weighted by Gasteiger charge is 2.41. The van der Waals surface area contributed by atoms with E-state index in [0.717, 1.165) is 25.0 Å². The molecule has 0 bridgehead atoms. The normalized spacial score (nSPS) is 26.4. The first kappa shape index (κ1) is 13.4. The molecule has 3 rings (SSSR count). The van der Waals surface area contributed by atoms with Gasteiger partial charge in [0.15, 0.2) is 0 Å². The molecule has 1 aliphatic carbocycles. The second-order valence-corrected chi connectivity index (χ2v) is 5.96. The highest BCUT2D eigenvalue weighted by atomic mass is 16.5. The number of benzene rings is 1. The van der Waals surface area contributed by atoms with Crippen LogP contribution in [-0.4, -0.2) is 41.2 Å². The Bertz CT molecular complexity index is 472. The predicted octanol–water partition coefficient (Wildman–Crippen LogP) is 1.83. The maximum absolute atomic E-state index is 12.2. The lowest BCUT2D eigenvalue weighted by Crippen LogP contribution is -2.43. The Labute approximate surface area is 119 Å². The molecule has 20 heavy (non-hydrogen) atoms. The van der Waals surface area contributed by atoms with Crippen molar-refractivity contribution in [3.63, 3.8) is 0 Å². The maximum atomic E-state index is 12.2. The first-order valence-electron chi connectivity index (χ1n) is 7.35. The van der Waals surface area contributed by atoms with Crippen molar-refractivity contribution in [3.8, 4) is 5.75 Å². The summed E-state index contributed by atoms with van der Waals surface area (Å²) in [6.07, 6.45) is 3.77. The summed E-state index contributed by atoms with van der Waals surface area (Å²) in [5.74, 6) is 1.17. The van der Waals surface area contributed by atoms with Crippen molar-refractivity contribution in [1.82, 2.24) is 4.90 Å². The van der Waals surface area contributed by atoms with Crippen LogP contribution < -0.4 is 4.74 Å². The van der Waals surface area contributed by atoms with Crippen molar-refractivity contribution in [2.24, 2.45) is 5.92 Å². The summed E-state index contributed by atoms with van der Waals surface area (Å²) in [7, 11) is 0. The van der Waals surface area contributed by atoms with Crippen LogP contribution in [0.3, 0.4) is 0 Å². The number of carbonyl (C=O) groups is 1. The van der Waals surface area contributed by atoms with Crippen molar-refractivity contribution in [2.75, 3.05) is 19.7 Å². The minimum absolute atomic E-state index is 0.201. The van der Waals surface area contributed by atoms with Crippen molar-refractivity contribution >= 4 is 5.91 Å². The molecule has 108 valence electrons. The van der Waals surface area contributed by atoms with Crippen LogP contribution in [0.15, 0.2) is 30.3 Å². The number of aliphatic hydroxyl groups is 1. The van der Waals surface area contributed by atoms with E-state index in [1.165, 1.54) is 0 Å². The SMILES string of the molecule is O=C(C1CCC1)N1CCC(O)(COc2ccccc2)C1. The summed E-state index contributed by atoms with van der Waals surface area (Å²) in [6.45, 7) is 1.28. The van der Waals surface area contributed by atoms with Crippen molar-refractivity contribution in [2.45, 2.75) is 31.3 Å². The van der Waals surface area contributed by atoms with Gasteiger partial charge in [0, 0.05) is 12.5 Å². The molecule has 1 N–H and O–H groups in total. The van der Waals surface area contributed by atoms with E-state index < -0.39 is 5.60 Å². The van der Waals surface area contributed by atoms with Gasteiger partial charge in [0.2, 0.25) is 5.91 Å². The lowest BCUT2D eigenvalue weighted by atomic mass is 9.84. The van der Waals surface area contributed by atoms with E-state index in [9.17, 15) is 9.90 Å². The van der Waals surface area contributed by atoms with E-state index in [1.807, 2.05) is 30.3 Å². The molecule has 1 aromatic carbocycles. The lowest BCUT2D eigenvalue weighted by molar-refractivity contribution is -0.138. The van der Waals surface area contributed by atoms with E-state index in [4.69, 9.17) is 4.74 Å². The third kappa shape index (κ3) is 2.80. The fourth-order valence-electron chi connectivity index (χ4n) is 2.81. The molecule has 1 atom stereocenters. The largest absolute Gasteiger partial charge is 0.491 e. The fraction of sp³-hybridized carbons (Fsp3) is 0.562. The summed E-state index contributed by atoms with van der Waals surface area (Å²) in [5, 5.41) is 10.5. The summed E-state index contributed by atoms with van der Waals surface area (Å²) >= 11 is 0. The van der Waals surface area contributed by atoms with Gasteiger partial charge in [-0.1, -0.05) is 24.6 Å². The number of hydrogen-bond acceptors (Lipinski definition) is 3. The van der Waals surface area contributed by atoms with Gasteiger partial charge < -0.3 is 14.7 Å². The molecule has 4 heteroatoms. The zero-order chi connectivity index (χ0) is 14.0. The molecule has 1 amide bonds. The molecule has 4 nitrogen and oxygen atoms in total. The van der Waals surface area contributed by atoms with Crippen LogP contribution in [0.5, 0.6) is 5.75 Å². The molecule has 1 saturated heterocycles. The molecule has 2 fully saturated rings. The number of carbonyl (C=O) groups excluding carboxylic acids is 1. The summed E-state index contributed by atoms with van der Waals surface area (Å²) < 4.78 is 5.63. The zero-order valence-electron chi connectivity index (χ0n) is 11.6. The number of para-hydroxylation sites is 1. The molecular weight excluding hydrogens is 254 g/mol.